The molecule has 68 valence electrons. The smallest absolute Gasteiger partial charge is 0.103 e. The lowest BCUT2D eigenvalue weighted by molar-refractivity contribution is -0.359. The van der Waals surface area contributed by atoms with Crippen LogP contribution < -0.4 is 0 Å². The Morgan fingerprint density at radius 1 is 1.36 bits per heavy atom. The van der Waals surface area contributed by atoms with Gasteiger partial charge in [-0.2, -0.15) is 0 Å². The van der Waals surface area contributed by atoms with Crippen LogP contribution in [0, 0.1) is 10.4 Å². The monoisotopic (exact) mass is 168 g/mol. The van der Waals surface area contributed by atoms with Gasteiger partial charge in [-0.15, -0.1) is 10.8 Å². The van der Waals surface area contributed by atoms with E-state index in [-0.39, 0.29) is 6.61 Å². The maximum atomic E-state index is 9.74. The van der Waals surface area contributed by atoms with E-state index < -0.39 is 16.9 Å². The molecular weight excluding hydrogens is 160 g/mol. The van der Waals surface area contributed by atoms with Crippen molar-refractivity contribution in [2.24, 2.45) is 0 Å². The summed E-state index contributed by atoms with van der Waals surface area (Å²) in [5, 5.41) is 33.7. The highest BCUT2D eigenvalue weighted by Crippen LogP contribution is 1.94. The average Bonchev–Trinajstić information content (AvgIpc) is 1.82. The second-order valence-corrected chi connectivity index (χ2v) is 1.69. The van der Waals surface area contributed by atoms with Gasteiger partial charge >= 0.3 is 0 Å². The molecule has 0 saturated carbocycles. The third-order valence-electron chi connectivity index (χ3n) is 0.690. The largest absolute Gasteiger partial charge is 0.738 e. The van der Waals surface area contributed by atoms with Crippen molar-refractivity contribution in [1.29, 1.82) is 0 Å². The fourth-order valence-electron chi connectivity index (χ4n) is 0.353. The van der Waals surface area contributed by atoms with Gasteiger partial charge in [0.05, 0.1) is 6.61 Å². The Morgan fingerprint density at radius 2 is 1.91 bits per heavy atom. The van der Waals surface area contributed by atoms with Crippen LogP contribution in [0.3, 0.4) is 0 Å². The van der Waals surface area contributed by atoms with Gasteiger partial charge in [0.1, 0.15) is 6.10 Å². The molecule has 0 radical (unpaired) electrons. The minimum Gasteiger partial charge on any atom is -0.738 e. The van der Waals surface area contributed by atoms with Gasteiger partial charge in [-0.25, -0.2) is 0 Å². The first-order chi connectivity index (χ1) is 5.02. The SMILES string of the molecule is CC(CON([O-])O)ON([O-])O. The average molecular weight is 168 g/mol. The zero-order valence-corrected chi connectivity index (χ0v) is 5.71. The molecule has 2 N–H and O–H groups in total. The predicted octanol–water partition coefficient (Wildman–Crippen LogP) is -0.384. The third kappa shape index (κ3) is 7.58. The lowest BCUT2D eigenvalue weighted by Gasteiger charge is -2.25. The van der Waals surface area contributed by atoms with E-state index in [2.05, 4.69) is 9.68 Å². The molecule has 0 heterocycles. The van der Waals surface area contributed by atoms with E-state index in [1.807, 2.05) is 0 Å². The van der Waals surface area contributed by atoms with E-state index in [0.717, 1.165) is 0 Å². The van der Waals surface area contributed by atoms with Gasteiger partial charge in [-0.3, -0.25) is 9.68 Å². The summed E-state index contributed by atoms with van der Waals surface area (Å²) in [5.41, 5.74) is 0. The molecule has 1 atom stereocenters. The van der Waals surface area contributed by atoms with Crippen molar-refractivity contribution in [3.8, 4) is 0 Å². The van der Waals surface area contributed by atoms with Crippen molar-refractivity contribution in [3.05, 3.63) is 10.4 Å². The molecule has 8 heteroatoms. The van der Waals surface area contributed by atoms with Gasteiger partial charge in [0.2, 0.25) is 0 Å². The minimum atomic E-state index is -0.832. The van der Waals surface area contributed by atoms with Crippen molar-refractivity contribution in [3.63, 3.8) is 0 Å². The van der Waals surface area contributed by atoms with Crippen molar-refractivity contribution >= 4 is 0 Å². The molecule has 1 unspecified atom stereocenters. The molecule has 0 amide bonds. The predicted molar refractivity (Wildman–Crippen MR) is 30.5 cm³/mol. The molecule has 0 aromatic rings. The van der Waals surface area contributed by atoms with Crippen molar-refractivity contribution in [1.82, 2.24) is 10.8 Å². The number of rotatable bonds is 5. The van der Waals surface area contributed by atoms with Gasteiger partial charge in [0.25, 0.3) is 0 Å². The molecule has 0 bridgehead atoms. The minimum absolute atomic E-state index is 0.348. The standard InChI is InChI=1S/C3H8N2O6/c1-3(11-5(8)9)2-10-4(6)7/h3,6,8H,2H2,1H3/q-2. The van der Waals surface area contributed by atoms with Gasteiger partial charge in [0, 0.05) is 0 Å². The molecular formula is C3H8N2O6-2. The zero-order valence-electron chi connectivity index (χ0n) is 5.71. The van der Waals surface area contributed by atoms with E-state index in [1.54, 1.807) is 0 Å². The van der Waals surface area contributed by atoms with Crippen LogP contribution >= 0.6 is 0 Å². The highest BCUT2D eigenvalue weighted by atomic mass is 17.1. The Hall–Kier alpha value is -0.320. The fraction of sp³-hybridized carbons (Fsp3) is 1.00. The summed E-state index contributed by atoms with van der Waals surface area (Å²) < 4.78 is 0. The topological polar surface area (TPSA) is 112 Å². The van der Waals surface area contributed by atoms with Crippen LogP contribution in [0.1, 0.15) is 6.92 Å². The summed E-state index contributed by atoms with van der Waals surface area (Å²) >= 11 is 0. The van der Waals surface area contributed by atoms with Crippen LogP contribution in [-0.4, -0.2) is 33.9 Å². The van der Waals surface area contributed by atoms with E-state index in [4.69, 9.17) is 10.4 Å². The summed E-state index contributed by atoms with van der Waals surface area (Å²) in [5.74, 6) is 0. The molecule has 0 fully saturated rings. The van der Waals surface area contributed by atoms with Gasteiger partial charge in [-0.05, 0) is 6.92 Å². The lowest BCUT2D eigenvalue weighted by Crippen LogP contribution is -2.26. The number of hydrogen-bond donors (Lipinski definition) is 2. The summed E-state index contributed by atoms with van der Waals surface area (Å²) in [6, 6.07) is 0. The molecule has 11 heavy (non-hydrogen) atoms. The molecule has 0 aromatic carbocycles. The second-order valence-electron chi connectivity index (χ2n) is 1.69. The summed E-state index contributed by atoms with van der Waals surface area (Å²) in [6.45, 7) is 1.00. The quantitative estimate of drug-likeness (QED) is 0.534. The van der Waals surface area contributed by atoms with E-state index in [1.165, 1.54) is 6.92 Å². The van der Waals surface area contributed by atoms with E-state index in [0.29, 0.717) is 0 Å². The van der Waals surface area contributed by atoms with Crippen LogP contribution in [0.2, 0.25) is 0 Å². The Kier molecular flexibility index (Phi) is 5.19. The van der Waals surface area contributed by atoms with Crippen LogP contribution in [-0.2, 0) is 9.68 Å². The van der Waals surface area contributed by atoms with Gasteiger partial charge in [-0.1, -0.05) is 0 Å². The molecule has 0 aliphatic heterocycles. The lowest BCUT2D eigenvalue weighted by atomic mass is 10.5. The molecule has 0 aliphatic rings. The maximum absolute atomic E-state index is 9.74. The maximum Gasteiger partial charge on any atom is 0.103 e. The fourth-order valence-corrected chi connectivity index (χ4v) is 0.353. The summed E-state index contributed by atoms with van der Waals surface area (Å²) in [6.07, 6.45) is -0.832. The van der Waals surface area contributed by atoms with E-state index >= 15 is 0 Å². The number of nitrogens with zero attached hydrogens (tertiary/aromatic N) is 2. The van der Waals surface area contributed by atoms with Crippen molar-refractivity contribution < 1.29 is 20.1 Å². The van der Waals surface area contributed by atoms with Crippen LogP contribution in [0.4, 0.5) is 0 Å². The van der Waals surface area contributed by atoms with Crippen LogP contribution in [0.5, 0.6) is 0 Å². The van der Waals surface area contributed by atoms with Gasteiger partial charge in [0.15, 0.2) is 0 Å². The third-order valence-corrected chi connectivity index (χ3v) is 0.690. The van der Waals surface area contributed by atoms with E-state index in [9.17, 15) is 10.4 Å². The van der Waals surface area contributed by atoms with Crippen molar-refractivity contribution in [2.45, 2.75) is 13.0 Å². The first kappa shape index (κ1) is 10.7. The second kappa shape index (κ2) is 5.35. The molecule has 0 rings (SSSR count). The summed E-state index contributed by atoms with van der Waals surface area (Å²) in [7, 11) is 0. The number of hydrogen-bond acceptors (Lipinski definition) is 8. The Balaban J connectivity index is 3.29. The highest BCUT2D eigenvalue weighted by molar-refractivity contribution is 4.42. The normalized spacial score (nSPS) is 14.5. The molecule has 0 saturated heterocycles. The highest BCUT2D eigenvalue weighted by Gasteiger charge is 2.02. The van der Waals surface area contributed by atoms with Crippen LogP contribution in [0.25, 0.3) is 0 Å². The Morgan fingerprint density at radius 3 is 2.27 bits per heavy atom. The Bertz CT molecular complexity index is 97.8. The van der Waals surface area contributed by atoms with Gasteiger partial charge < -0.3 is 20.8 Å². The Labute approximate surface area is 62.1 Å². The zero-order chi connectivity index (χ0) is 8.85. The van der Waals surface area contributed by atoms with Crippen LogP contribution in [0.15, 0.2) is 0 Å². The van der Waals surface area contributed by atoms with Crippen molar-refractivity contribution in [2.75, 3.05) is 6.61 Å². The molecule has 8 nitrogen and oxygen atoms in total. The molecule has 0 aromatic heterocycles. The first-order valence-electron chi connectivity index (χ1n) is 2.64. The molecule has 0 aliphatic carbocycles. The molecule has 0 spiro atoms. The first-order valence-corrected chi connectivity index (χ1v) is 2.64. The summed E-state index contributed by atoms with van der Waals surface area (Å²) in [4.78, 5) is 7.97.